The van der Waals surface area contributed by atoms with E-state index in [0.717, 1.165) is 12.1 Å². The molecule has 4 aromatic rings. The zero-order valence-electron chi connectivity index (χ0n) is 15.3. The lowest BCUT2D eigenvalue weighted by atomic mass is 10.0. The molecule has 9 nitrogen and oxygen atoms in total. The van der Waals surface area contributed by atoms with Gasteiger partial charge in [-0.2, -0.15) is 18.3 Å². The second-order valence-corrected chi connectivity index (χ2v) is 6.34. The van der Waals surface area contributed by atoms with Crippen LogP contribution in [-0.2, 0) is 11.0 Å². The van der Waals surface area contributed by atoms with Gasteiger partial charge in [-0.15, -0.1) is 5.10 Å². The molecule has 0 aliphatic rings. The molecule has 0 atom stereocenters. The van der Waals surface area contributed by atoms with Gasteiger partial charge in [-0.1, -0.05) is 0 Å². The normalized spacial score (nSPS) is 12.5. The molecule has 0 unspecified atom stereocenters. The van der Waals surface area contributed by atoms with Crippen LogP contribution in [-0.4, -0.2) is 40.8 Å². The maximum atomic E-state index is 13.4. The molecule has 3 aromatic heterocycles. The summed E-state index contributed by atoms with van der Waals surface area (Å²) in [5.41, 5.74) is 5.88. The van der Waals surface area contributed by atoms with E-state index in [9.17, 15) is 18.0 Å². The molecule has 0 aliphatic heterocycles. The Kier molecular flexibility index (Phi) is 4.53. The van der Waals surface area contributed by atoms with Gasteiger partial charge in [-0.3, -0.25) is 9.89 Å². The van der Waals surface area contributed by atoms with Gasteiger partial charge in [-0.05, 0) is 19.1 Å². The first-order valence-electron chi connectivity index (χ1n) is 8.48. The third kappa shape index (κ3) is 3.50. The zero-order valence-corrected chi connectivity index (χ0v) is 15.3. The van der Waals surface area contributed by atoms with E-state index in [-0.39, 0.29) is 17.0 Å². The van der Waals surface area contributed by atoms with Gasteiger partial charge in [0.05, 0.1) is 22.3 Å². The van der Waals surface area contributed by atoms with Crippen molar-refractivity contribution in [2.45, 2.75) is 13.1 Å². The van der Waals surface area contributed by atoms with Crippen molar-refractivity contribution in [2.75, 3.05) is 0 Å². The Morgan fingerprint density at radius 1 is 1.23 bits per heavy atom. The van der Waals surface area contributed by atoms with Crippen LogP contribution in [0.3, 0.4) is 0 Å². The number of H-pyrrole nitrogens is 1. The molecule has 0 saturated heterocycles. The molecule has 0 bridgehead atoms. The lowest BCUT2D eigenvalue weighted by Gasteiger charge is -2.09. The van der Waals surface area contributed by atoms with E-state index in [1.807, 2.05) is 0 Å². The van der Waals surface area contributed by atoms with Crippen LogP contribution in [0.4, 0.5) is 13.2 Å². The van der Waals surface area contributed by atoms with Gasteiger partial charge in [0.1, 0.15) is 12.7 Å². The standard InChI is InChI=1S/C18H13F3N8O/c1-9-12-2-11(18(19,20)21)3-13(15(12)27-26-9)17-25-8-29(28-17)6-14(16(22)30)10-4-23-7-24-5-10/h2-8H,1H3,(H2,22,30)(H,26,27)/b14-6+. The van der Waals surface area contributed by atoms with E-state index in [1.165, 1.54) is 35.9 Å². The molecule has 12 heteroatoms. The van der Waals surface area contributed by atoms with Crippen LogP contribution >= 0.6 is 0 Å². The van der Waals surface area contributed by atoms with Crippen molar-refractivity contribution in [3.05, 3.63) is 54.0 Å². The molecule has 3 heterocycles. The lowest BCUT2D eigenvalue weighted by Crippen LogP contribution is -2.14. The van der Waals surface area contributed by atoms with E-state index in [2.05, 4.69) is 30.2 Å². The van der Waals surface area contributed by atoms with E-state index < -0.39 is 17.6 Å². The summed E-state index contributed by atoms with van der Waals surface area (Å²) in [6, 6.07) is 1.97. The van der Waals surface area contributed by atoms with E-state index in [4.69, 9.17) is 5.73 Å². The molecule has 30 heavy (non-hydrogen) atoms. The van der Waals surface area contributed by atoms with E-state index >= 15 is 0 Å². The van der Waals surface area contributed by atoms with Crippen molar-refractivity contribution in [3.63, 3.8) is 0 Å². The first-order valence-corrected chi connectivity index (χ1v) is 8.48. The van der Waals surface area contributed by atoms with Gasteiger partial charge in [-0.25, -0.2) is 19.6 Å². The van der Waals surface area contributed by atoms with Crippen molar-refractivity contribution < 1.29 is 18.0 Å². The Morgan fingerprint density at radius 3 is 2.63 bits per heavy atom. The molecule has 0 fully saturated rings. The van der Waals surface area contributed by atoms with Crippen LogP contribution in [0.1, 0.15) is 16.8 Å². The van der Waals surface area contributed by atoms with Gasteiger partial charge >= 0.3 is 6.18 Å². The number of fused-ring (bicyclic) bond motifs is 1. The third-order valence-corrected chi connectivity index (χ3v) is 4.34. The molecule has 0 radical (unpaired) electrons. The number of hydrogen-bond donors (Lipinski definition) is 2. The number of primary amides is 1. The molecule has 3 N–H and O–H groups in total. The summed E-state index contributed by atoms with van der Waals surface area (Å²) < 4.78 is 41.2. The predicted molar refractivity (Wildman–Crippen MR) is 100 cm³/mol. The minimum Gasteiger partial charge on any atom is -0.366 e. The van der Waals surface area contributed by atoms with Crippen LogP contribution in [0.2, 0.25) is 0 Å². The third-order valence-electron chi connectivity index (χ3n) is 4.34. The summed E-state index contributed by atoms with van der Waals surface area (Å²) in [6.07, 6.45) is 2.07. The Morgan fingerprint density at radius 2 is 1.97 bits per heavy atom. The second kappa shape index (κ2) is 7.06. The molecule has 0 saturated carbocycles. The lowest BCUT2D eigenvalue weighted by molar-refractivity contribution is -0.137. The number of carbonyl (C=O) groups excluding carboxylic acids is 1. The predicted octanol–water partition coefficient (Wildman–Crippen LogP) is 2.42. The zero-order chi connectivity index (χ0) is 21.5. The highest BCUT2D eigenvalue weighted by Gasteiger charge is 2.32. The summed E-state index contributed by atoms with van der Waals surface area (Å²) in [5.74, 6) is -0.744. The summed E-state index contributed by atoms with van der Waals surface area (Å²) in [5, 5.41) is 11.2. The SMILES string of the molecule is Cc1n[nH]c2c(-c3ncn(/C=C(/C(N)=O)c4cncnc4)n3)cc(C(F)(F)F)cc12. The maximum Gasteiger partial charge on any atom is 0.416 e. The number of amides is 1. The summed E-state index contributed by atoms with van der Waals surface area (Å²) in [7, 11) is 0. The van der Waals surface area contributed by atoms with Crippen molar-refractivity contribution in [1.82, 2.24) is 34.9 Å². The first-order chi connectivity index (χ1) is 14.2. The van der Waals surface area contributed by atoms with Gasteiger partial charge in [0.25, 0.3) is 5.91 Å². The number of alkyl halides is 3. The highest BCUT2D eigenvalue weighted by atomic mass is 19.4. The van der Waals surface area contributed by atoms with Crippen molar-refractivity contribution in [2.24, 2.45) is 5.73 Å². The fourth-order valence-corrected chi connectivity index (χ4v) is 2.90. The molecule has 1 amide bonds. The number of aromatic nitrogens is 7. The van der Waals surface area contributed by atoms with Crippen LogP contribution in [0.25, 0.3) is 34.1 Å². The van der Waals surface area contributed by atoms with E-state index in [1.54, 1.807) is 6.92 Å². The Balaban J connectivity index is 1.83. The number of hydrogen-bond acceptors (Lipinski definition) is 6. The van der Waals surface area contributed by atoms with Gasteiger partial charge in [0, 0.05) is 35.1 Å². The maximum absolute atomic E-state index is 13.4. The highest BCUT2D eigenvalue weighted by Crippen LogP contribution is 2.36. The number of aromatic amines is 1. The number of nitrogens with zero attached hydrogens (tertiary/aromatic N) is 6. The monoisotopic (exact) mass is 414 g/mol. The molecule has 4 rings (SSSR count). The molecular formula is C18H13F3N8O. The van der Waals surface area contributed by atoms with Gasteiger partial charge < -0.3 is 5.73 Å². The average Bonchev–Trinajstić information content (AvgIpc) is 3.32. The van der Waals surface area contributed by atoms with Crippen LogP contribution in [0.15, 0.2) is 37.2 Å². The summed E-state index contributed by atoms with van der Waals surface area (Å²) in [6.45, 7) is 1.60. The Labute approximate surface area is 166 Å². The van der Waals surface area contributed by atoms with E-state index in [0.29, 0.717) is 22.2 Å². The summed E-state index contributed by atoms with van der Waals surface area (Å²) in [4.78, 5) is 23.6. The Bertz CT molecular complexity index is 1270. The smallest absolute Gasteiger partial charge is 0.366 e. The van der Waals surface area contributed by atoms with Crippen molar-refractivity contribution >= 4 is 28.6 Å². The number of benzene rings is 1. The molecule has 152 valence electrons. The first kappa shape index (κ1) is 19.2. The molecule has 0 spiro atoms. The van der Waals surface area contributed by atoms with Crippen molar-refractivity contribution in [1.29, 1.82) is 0 Å². The Hall–Kier alpha value is -4.09. The van der Waals surface area contributed by atoms with Crippen LogP contribution < -0.4 is 5.73 Å². The molecule has 0 aliphatic carbocycles. The highest BCUT2D eigenvalue weighted by molar-refractivity contribution is 6.22. The molecule has 1 aromatic carbocycles. The minimum atomic E-state index is -4.55. The number of nitrogens with one attached hydrogen (secondary N) is 1. The second-order valence-electron chi connectivity index (χ2n) is 6.34. The van der Waals surface area contributed by atoms with Crippen molar-refractivity contribution in [3.8, 4) is 11.4 Å². The number of halogens is 3. The van der Waals surface area contributed by atoms with Crippen LogP contribution in [0, 0.1) is 6.92 Å². The largest absolute Gasteiger partial charge is 0.416 e. The fourth-order valence-electron chi connectivity index (χ4n) is 2.90. The topological polar surface area (TPSA) is 128 Å². The minimum absolute atomic E-state index is 0.0131. The number of nitrogens with two attached hydrogens (primary N) is 1. The van der Waals surface area contributed by atoms with Gasteiger partial charge in [0.15, 0.2) is 5.82 Å². The quantitative estimate of drug-likeness (QED) is 0.494. The number of rotatable bonds is 4. The number of aryl methyl sites for hydroxylation is 1. The van der Waals surface area contributed by atoms with Crippen LogP contribution in [0.5, 0.6) is 0 Å². The number of carbonyl (C=O) groups is 1. The molecular weight excluding hydrogens is 401 g/mol. The summed E-state index contributed by atoms with van der Waals surface area (Å²) >= 11 is 0. The average molecular weight is 414 g/mol. The fraction of sp³-hybridized carbons (Fsp3) is 0.111. The van der Waals surface area contributed by atoms with Gasteiger partial charge in [0.2, 0.25) is 0 Å².